The summed E-state index contributed by atoms with van der Waals surface area (Å²) in [6, 6.07) is 14.7. The maximum atomic E-state index is 15.6. The van der Waals surface area contributed by atoms with Crippen molar-refractivity contribution in [3.63, 3.8) is 0 Å². The van der Waals surface area contributed by atoms with Crippen LogP contribution < -0.4 is 0 Å². The van der Waals surface area contributed by atoms with Crippen molar-refractivity contribution in [1.29, 1.82) is 0 Å². The van der Waals surface area contributed by atoms with E-state index >= 15 is 4.39 Å². The number of carbonyl (C=O) groups is 1. The van der Waals surface area contributed by atoms with Gasteiger partial charge in [-0.15, -0.1) is 0 Å². The Morgan fingerprint density at radius 1 is 1.27 bits per heavy atom. The third kappa shape index (κ3) is 7.99. The lowest BCUT2D eigenvalue weighted by Gasteiger charge is -2.32. The molecule has 1 heterocycles. The third-order valence-electron chi connectivity index (χ3n) is 7.39. The highest BCUT2D eigenvalue weighted by Crippen LogP contribution is 2.38. The average molecular weight is 538 g/mol. The van der Waals surface area contributed by atoms with Crippen LogP contribution in [0.3, 0.4) is 0 Å². The number of Topliss-reactive ketones (excluding diaryl/α,β-unsaturated/α-hetero) is 1. The summed E-state index contributed by atoms with van der Waals surface area (Å²) in [5, 5.41) is 0. The van der Waals surface area contributed by atoms with Crippen LogP contribution in [0.4, 0.5) is 4.39 Å². The lowest BCUT2D eigenvalue weighted by molar-refractivity contribution is -0.122. The van der Waals surface area contributed by atoms with E-state index < -0.39 is 5.67 Å². The molecule has 0 atom stereocenters. The maximum absolute atomic E-state index is 15.6. The molecule has 5 heteroatoms. The molecule has 1 aliphatic carbocycles. The largest absolute Gasteiger partial charge is 0.311 e. The van der Waals surface area contributed by atoms with Crippen LogP contribution in [0.5, 0.6) is 0 Å². The quantitative estimate of drug-likeness (QED) is 0.126. The molecule has 0 aliphatic heterocycles. The van der Waals surface area contributed by atoms with Crippen LogP contribution in [-0.4, -0.2) is 41.6 Å². The lowest BCUT2D eigenvalue weighted by Crippen LogP contribution is -2.31. The van der Waals surface area contributed by atoms with Crippen LogP contribution in [0.1, 0.15) is 69.2 Å². The lowest BCUT2D eigenvalue weighted by atomic mass is 9.77. The summed E-state index contributed by atoms with van der Waals surface area (Å²) in [6.45, 7) is 7.63. The number of rotatable bonds is 11. The Balaban J connectivity index is 1.99. The minimum absolute atomic E-state index is 0.00735. The first kappa shape index (κ1) is 30.5. The maximum Gasteiger partial charge on any atom is 0.132 e. The predicted octanol–water partition coefficient (Wildman–Crippen LogP) is 8.18. The Labute approximate surface area is 239 Å². The first-order chi connectivity index (χ1) is 19.2. The van der Waals surface area contributed by atoms with Crippen molar-refractivity contribution in [2.24, 2.45) is 10.9 Å². The summed E-state index contributed by atoms with van der Waals surface area (Å²) >= 11 is 0. The summed E-state index contributed by atoms with van der Waals surface area (Å²) in [5.74, 6) is 0.158. The first-order valence-electron chi connectivity index (χ1n) is 13.9. The molecule has 1 aromatic carbocycles. The first-order valence-corrected chi connectivity index (χ1v) is 13.9. The highest BCUT2D eigenvalue weighted by Gasteiger charge is 2.35. The molecule has 0 amide bonds. The molecule has 3 rings (SSSR count). The van der Waals surface area contributed by atoms with Crippen molar-refractivity contribution >= 4 is 29.2 Å². The molecular formula is C35H40FN3O. The fraction of sp³-hybridized carbons (Fsp3) is 0.343. The molecule has 0 unspecified atom stereocenters. The topological polar surface area (TPSA) is 45.6 Å². The molecule has 0 spiro atoms. The van der Waals surface area contributed by atoms with Crippen LogP contribution >= 0.6 is 0 Å². The molecule has 208 valence electrons. The van der Waals surface area contributed by atoms with Gasteiger partial charge in [-0.05, 0) is 86.4 Å². The van der Waals surface area contributed by atoms with Gasteiger partial charge in [0, 0.05) is 49.6 Å². The number of aromatic nitrogens is 1. The fourth-order valence-electron chi connectivity index (χ4n) is 5.07. The van der Waals surface area contributed by atoms with Crippen LogP contribution in [0.15, 0.2) is 72.4 Å². The van der Waals surface area contributed by atoms with Gasteiger partial charge in [-0.3, -0.25) is 9.79 Å². The van der Waals surface area contributed by atoms with Gasteiger partial charge in [0.25, 0.3) is 0 Å². The van der Waals surface area contributed by atoms with E-state index in [1.165, 1.54) is 0 Å². The number of hydrogen-bond acceptors (Lipinski definition) is 4. The smallest absolute Gasteiger partial charge is 0.132 e. The number of halogens is 1. The second-order valence-electron chi connectivity index (χ2n) is 10.3. The number of ketones is 1. The summed E-state index contributed by atoms with van der Waals surface area (Å²) in [4.78, 5) is 22.6. The molecule has 0 saturated heterocycles. The minimum atomic E-state index is -1.29. The number of hydrogen-bond donors (Lipinski definition) is 0. The number of carbonyl (C=O) groups excluding carboxylic acids is 1. The molecule has 40 heavy (non-hydrogen) atoms. The highest BCUT2D eigenvalue weighted by molar-refractivity contribution is 6.10. The van der Waals surface area contributed by atoms with E-state index in [9.17, 15) is 4.79 Å². The molecule has 0 bridgehead atoms. The highest BCUT2D eigenvalue weighted by atomic mass is 19.1. The van der Waals surface area contributed by atoms with E-state index in [1.54, 1.807) is 24.9 Å². The monoisotopic (exact) mass is 537 g/mol. The van der Waals surface area contributed by atoms with Gasteiger partial charge in [0.15, 0.2) is 0 Å². The average Bonchev–Trinajstić information content (AvgIpc) is 2.96. The Morgan fingerprint density at radius 2 is 2.02 bits per heavy atom. The zero-order valence-electron chi connectivity index (χ0n) is 24.2. The summed E-state index contributed by atoms with van der Waals surface area (Å²) in [7, 11) is 3.56. The molecule has 4 nitrogen and oxygen atoms in total. The third-order valence-corrected chi connectivity index (χ3v) is 7.39. The minimum Gasteiger partial charge on any atom is -0.311 e. The van der Waals surface area contributed by atoms with E-state index in [0.29, 0.717) is 32.1 Å². The van der Waals surface area contributed by atoms with Gasteiger partial charge in [0.05, 0.1) is 11.4 Å². The van der Waals surface area contributed by atoms with Crippen LogP contribution in [0.2, 0.25) is 0 Å². The number of terminal acetylenes is 1. The Bertz CT molecular complexity index is 1370. The number of nitrogens with zero attached hydrogens (tertiary/aromatic N) is 3. The molecule has 1 saturated carbocycles. The second kappa shape index (κ2) is 14.4. The van der Waals surface area contributed by atoms with Crippen LogP contribution in [0.25, 0.3) is 28.5 Å². The van der Waals surface area contributed by atoms with E-state index in [2.05, 4.69) is 42.7 Å². The van der Waals surface area contributed by atoms with Gasteiger partial charge >= 0.3 is 0 Å². The normalized spacial score (nSPS) is 20.1. The second-order valence-corrected chi connectivity index (χ2v) is 10.3. The number of alkyl halides is 1. The molecule has 1 fully saturated rings. The van der Waals surface area contributed by atoms with Crippen LogP contribution in [0, 0.1) is 18.4 Å². The van der Waals surface area contributed by atoms with Gasteiger partial charge in [-0.2, -0.15) is 0 Å². The van der Waals surface area contributed by atoms with Crippen molar-refractivity contribution in [2.75, 3.05) is 14.1 Å². The Morgan fingerprint density at radius 3 is 2.65 bits per heavy atom. The van der Waals surface area contributed by atoms with E-state index in [0.717, 1.165) is 45.6 Å². The zero-order chi connectivity index (χ0) is 29.1. The SMILES string of the molecule is C#CN(C)/C=C(\C=C)c1cccc(-c2ccc(/C(C=NC)=C/CC)c(/C=C/CC3(F)CCC(C(C)=O)CC3)n2)c1. The van der Waals surface area contributed by atoms with E-state index in [4.69, 9.17) is 11.4 Å². The van der Waals surface area contributed by atoms with Crippen LogP contribution in [-0.2, 0) is 4.79 Å². The van der Waals surface area contributed by atoms with E-state index in [-0.39, 0.29) is 11.7 Å². The summed E-state index contributed by atoms with van der Waals surface area (Å²) < 4.78 is 15.6. The van der Waals surface area contributed by atoms with Crippen molar-refractivity contribution in [1.82, 2.24) is 9.88 Å². The molecule has 1 aromatic heterocycles. The van der Waals surface area contributed by atoms with Crippen molar-refractivity contribution in [2.45, 2.75) is 58.0 Å². The number of benzene rings is 1. The van der Waals surface area contributed by atoms with Crippen molar-refractivity contribution < 1.29 is 9.18 Å². The molecule has 2 aromatic rings. The standard InChI is InChI=1S/C35H40FN3O/c1-7-12-31(24-37-5)32-16-17-33(30-14-10-13-29(23-30)27(8-2)25-39(6)9-3)38-34(32)15-11-20-35(36)21-18-28(19-22-35)26(4)40/h3,8,10-17,23-25,28H,2,7,18-22H2,1,4-6H3/b15-11+,27-25+,31-12+,37-24?. The van der Waals surface area contributed by atoms with Crippen molar-refractivity contribution in [3.05, 3.63) is 84.2 Å². The van der Waals surface area contributed by atoms with Gasteiger partial charge in [-0.1, -0.05) is 56.4 Å². The van der Waals surface area contributed by atoms with Gasteiger partial charge < -0.3 is 4.90 Å². The Kier molecular flexibility index (Phi) is 11.0. The van der Waals surface area contributed by atoms with Crippen molar-refractivity contribution in [3.8, 4) is 23.7 Å². The summed E-state index contributed by atoms with van der Waals surface area (Å²) in [6.07, 6.45) is 20.1. The molecule has 0 radical (unpaired) electrons. The van der Waals surface area contributed by atoms with Gasteiger partial charge in [0.2, 0.25) is 0 Å². The van der Waals surface area contributed by atoms with Gasteiger partial charge in [-0.25, -0.2) is 9.37 Å². The molecular weight excluding hydrogens is 497 g/mol. The number of aliphatic imine (C=N–C) groups is 1. The van der Waals surface area contributed by atoms with Gasteiger partial charge in [0.1, 0.15) is 11.5 Å². The summed E-state index contributed by atoms with van der Waals surface area (Å²) in [5.41, 5.74) is 5.02. The number of pyridine rings is 1. The zero-order valence-corrected chi connectivity index (χ0v) is 24.2. The molecule has 1 aliphatic rings. The fourth-order valence-corrected chi connectivity index (χ4v) is 5.07. The molecule has 0 N–H and O–H groups in total. The Hall–Kier alpha value is -4.04. The number of allylic oxidation sites excluding steroid dienone is 5. The van der Waals surface area contributed by atoms with E-state index in [1.807, 2.05) is 55.9 Å². The predicted molar refractivity (Wildman–Crippen MR) is 167 cm³/mol.